The van der Waals surface area contributed by atoms with Crippen LogP contribution in [0.1, 0.15) is 25.3 Å². The molecule has 0 amide bonds. The highest BCUT2D eigenvalue weighted by Gasteiger charge is 2.14. The van der Waals surface area contributed by atoms with Gasteiger partial charge in [-0.1, -0.05) is 25.1 Å². The van der Waals surface area contributed by atoms with Gasteiger partial charge in [0.05, 0.1) is 30.9 Å². The predicted octanol–water partition coefficient (Wildman–Crippen LogP) is 4.38. The zero-order valence-electron chi connectivity index (χ0n) is 19.0. The van der Waals surface area contributed by atoms with Gasteiger partial charge in [0.2, 0.25) is 0 Å². The molecular formula is C26H31N5O2. The number of aromatic amines is 1. The number of nitrogens with zero attached hydrogens (tertiary/aromatic N) is 3. The van der Waals surface area contributed by atoms with Gasteiger partial charge < -0.3 is 20.1 Å². The van der Waals surface area contributed by atoms with E-state index in [9.17, 15) is 5.11 Å². The van der Waals surface area contributed by atoms with Crippen LogP contribution in [0, 0.1) is 0 Å². The minimum atomic E-state index is -0.774. The van der Waals surface area contributed by atoms with Crippen molar-refractivity contribution in [3.8, 4) is 16.8 Å². The van der Waals surface area contributed by atoms with E-state index in [0.717, 1.165) is 52.9 Å². The van der Waals surface area contributed by atoms with Crippen molar-refractivity contribution in [2.45, 2.75) is 32.4 Å². The first-order valence-electron chi connectivity index (χ1n) is 11.7. The van der Waals surface area contributed by atoms with Gasteiger partial charge in [0.25, 0.3) is 0 Å². The van der Waals surface area contributed by atoms with Crippen LogP contribution in [0.4, 0.5) is 5.69 Å². The number of anilines is 1. The summed E-state index contributed by atoms with van der Waals surface area (Å²) in [7, 11) is 0. The third-order valence-corrected chi connectivity index (χ3v) is 6.28. The summed E-state index contributed by atoms with van der Waals surface area (Å²) in [6.07, 6.45) is 8.52. The zero-order valence-corrected chi connectivity index (χ0v) is 19.0. The molecule has 1 aliphatic rings. The van der Waals surface area contributed by atoms with Gasteiger partial charge in [-0.05, 0) is 54.7 Å². The van der Waals surface area contributed by atoms with Crippen molar-refractivity contribution in [1.82, 2.24) is 19.7 Å². The minimum Gasteiger partial charge on any atom is -0.371 e. The van der Waals surface area contributed by atoms with Crippen molar-refractivity contribution in [2.75, 3.05) is 31.7 Å². The molecule has 7 nitrogen and oxygen atoms in total. The number of nitrogens with one attached hydrogen (secondary N) is 2. The van der Waals surface area contributed by atoms with Crippen molar-refractivity contribution < 1.29 is 9.84 Å². The minimum absolute atomic E-state index is 0.243. The van der Waals surface area contributed by atoms with Crippen LogP contribution in [0.5, 0.6) is 0 Å². The van der Waals surface area contributed by atoms with Crippen LogP contribution < -0.4 is 5.32 Å². The molecule has 5 rings (SSSR count). The van der Waals surface area contributed by atoms with Crippen LogP contribution in [-0.4, -0.2) is 57.4 Å². The van der Waals surface area contributed by atoms with Crippen LogP contribution in [0.3, 0.4) is 0 Å². The molecule has 3 heterocycles. The third kappa shape index (κ3) is 4.95. The second-order valence-corrected chi connectivity index (χ2v) is 8.64. The van der Waals surface area contributed by atoms with Crippen LogP contribution in [0.15, 0.2) is 61.1 Å². The number of likely N-dealkylation sites (tertiary alicyclic amines) is 1. The standard InChI is InChI=1S/C26H31N5O2/c1-2-19-5-8-22(9-6-19)31-16-21(14-28-31)20-7-10-24-23(13-20)25(15-27-24)29-26(32)17-33-18-30-11-3-4-12-30/h5-10,13-16,26-27,29,32H,2-4,11-12,17-18H2,1H3. The number of hydrogen-bond acceptors (Lipinski definition) is 5. The number of aromatic nitrogens is 3. The molecule has 0 spiro atoms. The molecule has 0 radical (unpaired) electrons. The van der Waals surface area contributed by atoms with E-state index in [1.807, 2.05) is 23.3 Å². The lowest BCUT2D eigenvalue weighted by atomic mass is 10.1. The van der Waals surface area contributed by atoms with E-state index in [4.69, 9.17) is 4.74 Å². The highest BCUT2D eigenvalue weighted by atomic mass is 16.5. The van der Waals surface area contributed by atoms with Crippen molar-refractivity contribution in [1.29, 1.82) is 0 Å². The normalized spacial score (nSPS) is 15.3. The topological polar surface area (TPSA) is 78.3 Å². The molecule has 1 fully saturated rings. The molecule has 2 aromatic heterocycles. The molecule has 2 aromatic carbocycles. The Balaban J connectivity index is 1.28. The number of benzene rings is 2. The van der Waals surface area contributed by atoms with E-state index in [2.05, 4.69) is 69.7 Å². The predicted molar refractivity (Wildman–Crippen MR) is 131 cm³/mol. The van der Waals surface area contributed by atoms with E-state index in [1.165, 1.54) is 18.4 Å². The highest BCUT2D eigenvalue weighted by Crippen LogP contribution is 2.29. The van der Waals surface area contributed by atoms with Crippen LogP contribution in [-0.2, 0) is 11.2 Å². The fourth-order valence-corrected chi connectivity index (χ4v) is 4.34. The molecule has 0 aliphatic carbocycles. The maximum Gasteiger partial charge on any atom is 0.148 e. The Morgan fingerprint density at radius 3 is 2.73 bits per heavy atom. The first-order valence-corrected chi connectivity index (χ1v) is 11.7. The van der Waals surface area contributed by atoms with Crippen molar-refractivity contribution >= 4 is 16.6 Å². The van der Waals surface area contributed by atoms with Gasteiger partial charge in [-0.25, -0.2) is 4.68 Å². The summed E-state index contributed by atoms with van der Waals surface area (Å²) in [4.78, 5) is 5.54. The van der Waals surface area contributed by atoms with Gasteiger partial charge in [-0.15, -0.1) is 0 Å². The summed E-state index contributed by atoms with van der Waals surface area (Å²) in [6.45, 7) is 5.13. The van der Waals surface area contributed by atoms with Gasteiger partial charge in [-0.3, -0.25) is 4.90 Å². The van der Waals surface area contributed by atoms with Gasteiger partial charge >= 0.3 is 0 Å². The zero-order chi connectivity index (χ0) is 22.6. The summed E-state index contributed by atoms with van der Waals surface area (Å²) in [5, 5.41) is 19.2. The fourth-order valence-electron chi connectivity index (χ4n) is 4.34. The maximum atomic E-state index is 10.4. The molecule has 0 saturated carbocycles. The maximum absolute atomic E-state index is 10.4. The largest absolute Gasteiger partial charge is 0.371 e. The van der Waals surface area contributed by atoms with Crippen molar-refractivity contribution in [3.05, 3.63) is 66.6 Å². The molecule has 0 bridgehead atoms. The van der Waals surface area contributed by atoms with E-state index in [0.29, 0.717) is 6.73 Å². The molecular weight excluding hydrogens is 414 g/mol. The molecule has 4 aromatic rings. The smallest absolute Gasteiger partial charge is 0.148 e. The molecule has 33 heavy (non-hydrogen) atoms. The lowest BCUT2D eigenvalue weighted by molar-refractivity contribution is -0.00214. The molecule has 1 saturated heterocycles. The first kappa shape index (κ1) is 21.7. The van der Waals surface area contributed by atoms with E-state index < -0.39 is 6.23 Å². The van der Waals surface area contributed by atoms with E-state index >= 15 is 0 Å². The first-order chi connectivity index (χ1) is 16.2. The Morgan fingerprint density at radius 1 is 1.12 bits per heavy atom. The average Bonchev–Trinajstić information content (AvgIpc) is 3.61. The summed E-state index contributed by atoms with van der Waals surface area (Å²) in [5.74, 6) is 0. The van der Waals surface area contributed by atoms with Gasteiger partial charge in [0.15, 0.2) is 0 Å². The highest BCUT2D eigenvalue weighted by molar-refractivity contribution is 5.95. The Labute approximate surface area is 194 Å². The van der Waals surface area contributed by atoms with E-state index in [1.54, 1.807) is 0 Å². The molecule has 1 aliphatic heterocycles. The Bertz CT molecular complexity index is 1190. The molecule has 7 heteroatoms. The average molecular weight is 446 g/mol. The number of hydrogen-bond donors (Lipinski definition) is 3. The Hall–Kier alpha value is -3.13. The van der Waals surface area contributed by atoms with Crippen LogP contribution >= 0.6 is 0 Å². The second kappa shape index (κ2) is 9.79. The lowest BCUT2D eigenvalue weighted by Gasteiger charge is -2.18. The summed E-state index contributed by atoms with van der Waals surface area (Å²) >= 11 is 0. The van der Waals surface area contributed by atoms with Gasteiger partial charge in [-0.2, -0.15) is 5.10 Å². The van der Waals surface area contributed by atoms with Crippen LogP contribution in [0.2, 0.25) is 0 Å². The number of fused-ring (bicyclic) bond motifs is 1. The number of rotatable bonds is 9. The molecule has 1 unspecified atom stereocenters. The number of aliphatic hydroxyl groups is 1. The summed E-state index contributed by atoms with van der Waals surface area (Å²) < 4.78 is 7.58. The lowest BCUT2D eigenvalue weighted by Crippen LogP contribution is -2.29. The van der Waals surface area contributed by atoms with Crippen molar-refractivity contribution in [2.24, 2.45) is 0 Å². The van der Waals surface area contributed by atoms with Gasteiger partial charge in [0, 0.05) is 41.9 Å². The monoisotopic (exact) mass is 445 g/mol. The molecule has 3 N–H and O–H groups in total. The van der Waals surface area contributed by atoms with Crippen molar-refractivity contribution in [3.63, 3.8) is 0 Å². The quantitative estimate of drug-likeness (QED) is 0.333. The number of aliphatic hydroxyl groups excluding tert-OH is 1. The third-order valence-electron chi connectivity index (χ3n) is 6.28. The fraction of sp³-hybridized carbons (Fsp3) is 0.346. The number of H-pyrrole nitrogens is 1. The Kier molecular flexibility index (Phi) is 6.44. The second-order valence-electron chi connectivity index (χ2n) is 8.64. The summed E-state index contributed by atoms with van der Waals surface area (Å²) in [6, 6.07) is 14.7. The van der Waals surface area contributed by atoms with Crippen LogP contribution in [0.25, 0.3) is 27.7 Å². The number of ether oxygens (including phenoxy) is 1. The Morgan fingerprint density at radius 2 is 1.94 bits per heavy atom. The SMILES string of the molecule is CCc1ccc(-n2cc(-c3ccc4[nH]cc(NC(O)COCN5CCCC5)c4c3)cn2)cc1. The number of aryl methyl sites for hydroxylation is 1. The van der Waals surface area contributed by atoms with E-state index in [-0.39, 0.29) is 6.61 Å². The summed E-state index contributed by atoms with van der Waals surface area (Å²) in [5.41, 5.74) is 6.33. The van der Waals surface area contributed by atoms with Gasteiger partial charge in [0.1, 0.15) is 6.23 Å². The molecule has 1 atom stereocenters. The molecule has 172 valence electrons.